The maximum atomic E-state index is 10.3. The van der Waals surface area contributed by atoms with Gasteiger partial charge in [-0.1, -0.05) is 12.1 Å². The molecule has 2 aromatic rings. The van der Waals surface area contributed by atoms with E-state index in [-0.39, 0.29) is 0 Å². The molecule has 0 saturated carbocycles. The molecule has 1 unspecified atom stereocenters. The summed E-state index contributed by atoms with van der Waals surface area (Å²) < 4.78 is 0. The van der Waals surface area contributed by atoms with Crippen LogP contribution < -0.4 is 4.90 Å². The minimum Gasteiger partial charge on any atom is -0.384 e. The Morgan fingerprint density at radius 3 is 2.94 bits per heavy atom. The Balaban J connectivity index is 1.95. The van der Waals surface area contributed by atoms with Crippen molar-refractivity contribution in [2.75, 3.05) is 18.5 Å². The summed E-state index contributed by atoms with van der Waals surface area (Å²) in [5.41, 5.74) is 4.63. The third-order valence-corrected chi connectivity index (χ3v) is 4.11. The molecule has 17 heavy (non-hydrogen) atoms. The minimum atomic E-state index is -0.488. The highest BCUT2D eigenvalue weighted by atomic mass is 32.1. The van der Waals surface area contributed by atoms with Gasteiger partial charge in [0.25, 0.3) is 0 Å². The van der Waals surface area contributed by atoms with Gasteiger partial charge in [-0.25, -0.2) is 0 Å². The van der Waals surface area contributed by atoms with E-state index in [1.807, 2.05) is 22.9 Å². The SMILES string of the molecule is CN1CCc2cc(C(O)c3ccsc3)ccc21. The molecule has 3 heteroatoms. The fourth-order valence-corrected chi connectivity index (χ4v) is 3.06. The number of fused-ring (bicyclic) bond motifs is 1. The van der Waals surface area contributed by atoms with Gasteiger partial charge in [0.05, 0.1) is 0 Å². The fraction of sp³-hybridized carbons (Fsp3) is 0.286. The third kappa shape index (κ3) is 1.85. The second kappa shape index (κ2) is 4.17. The van der Waals surface area contributed by atoms with Crippen molar-refractivity contribution in [1.29, 1.82) is 0 Å². The predicted molar refractivity (Wildman–Crippen MR) is 71.8 cm³/mol. The Morgan fingerprint density at radius 1 is 1.29 bits per heavy atom. The summed E-state index contributed by atoms with van der Waals surface area (Å²) in [6.07, 6.45) is 0.591. The Bertz CT molecular complexity index is 521. The van der Waals surface area contributed by atoms with Crippen LogP contribution >= 0.6 is 11.3 Å². The Hall–Kier alpha value is -1.32. The lowest BCUT2D eigenvalue weighted by atomic mass is 10.0. The lowest BCUT2D eigenvalue weighted by Crippen LogP contribution is -2.12. The zero-order chi connectivity index (χ0) is 11.8. The number of nitrogens with zero attached hydrogens (tertiary/aromatic N) is 1. The number of hydrogen-bond donors (Lipinski definition) is 1. The van der Waals surface area contributed by atoms with Crippen molar-refractivity contribution in [2.45, 2.75) is 12.5 Å². The first-order valence-electron chi connectivity index (χ1n) is 5.80. The molecule has 0 spiro atoms. The number of aliphatic hydroxyl groups excluding tert-OH is 1. The van der Waals surface area contributed by atoms with Crippen LogP contribution in [-0.4, -0.2) is 18.7 Å². The molecular formula is C14H15NOS. The van der Waals surface area contributed by atoms with Gasteiger partial charge in [-0.2, -0.15) is 11.3 Å². The number of hydrogen-bond acceptors (Lipinski definition) is 3. The number of likely N-dealkylation sites (N-methyl/N-ethyl adjacent to an activating group) is 1. The van der Waals surface area contributed by atoms with Gasteiger partial charge in [-0.05, 0) is 46.0 Å². The van der Waals surface area contributed by atoms with E-state index in [0.29, 0.717) is 0 Å². The van der Waals surface area contributed by atoms with Crippen LogP contribution in [0.2, 0.25) is 0 Å². The minimum absolute atomic E-state index is 0.488. The average molecular weight is 245 g/mol. The highest BCUT2D eigenvalue weighted by Gasteiger charge is 2.18. The van der Waals surface area contributed by atoms with Crippen LogP contribution in [0.3, 0.4) is 0 Å². The van der Waals surface area contributed by atoms with Crippen LogP contribution in [0.15, 0.2) is 35.0 Å². The number of aliphatic hydroxyl groups is 1. The van der Waals surface area contributed by atoms with Crippen molar-refractivity contribution in [3.05, 3.63) is 51.7 Å². The molecule has 0 bridgehead atoms. The van der Waals surface area contributed by atoms with Gasteiger partial charge in [-0.3, -0.25) is 0 Å². The lowest BCUT2D eigenvalue weighted by Gasteiger charge is -2.14. The van der Waals surface area contributed by atoms with Gasteiger partial charge >= 0.3 is 0 Å². The zero-order valence-corrected chi connectivity index (χ0v) is 10.6. The number of thiophene rings is 1. The number of benzene rings is 1. The summed E-state index contributed by atoms with van der Waals surface area (Å²) in [4.78, 5) is 2.26. The molecule has 0 aliphatic carbocycles. The van der Waals surface area contributed by atoms with E-state index in [2.05, 4.69) is 24.1 Å². The molecule has 2 heterocycles. The van der Waals surface area contributed by atoms with Crippen molar-refractivity contribution >= 4 is 17.0 Å². The first-order chi connectivity index (χ1) is 8.25. The van der Waals surface area contributed by atoms with Gasteiger partial charge in [0.2, 0.25) is 0 Å². The second-order valence-electron chi connectivity index (χ2n) is 4.52. The summed E-state index contributed by atoms with van der Waals surface area (Å²) in [6, 6.07) is 8.27. The quantitative estimate of drug-likeness (QED) is 0.879. The molecule has 1 aromatic carbocycles. The second-order valence-corrected chi connectivity index (χ2v) is 5.30. The topological polar surface area (TPSA) is 23.5 Å². The lowest BCUT2D eigenvalue weighted by molar-refractivity contribution is 0.221. The van der Waals surface area contributed by atoms with E-state index < -0.39 is 6.10 Å². The van der Waals surface area contributed by atoms with E-state index in [4.69, 9.17) is 0 Å². The molecule has 1 aromatic heterocycles. The number of anilines is 1. The molecule has 0 amide bonds. The van der Waals surface area contributed by atoms with E-state index in [1.165, 1.54) is 11.3 Å². The third-order valence-electron chi connectivity index (χ3n) is 3.41. The van der Waals surface area contributed by atoms with Crippen LogP contribution in [0.4, 0.5) is 5.69 Å². The molecule has 1 aliphatic heterocycles. The Morgan fingerprint density at radius 2 is 2.18 bits per heavy atom. The summed E-state index contributed by atoms with van der Waals surface area (Å²) in [6.45, 7) is 1.08. The summed E-state index contributed by atoms with van der Waals surface area (Å²) in [5, 5.41) is 14.3. The van der Waals surface area contributed by atoms with Crippen LogP contribution in [0, 0.1) is 0 Å². The maximum Gasteiger partial charge on any atom is 0.105 e. The van der Waals surface area contributed by atoms with E-state index >= 15 is 0 Å². The molecular weight excluding hydrogens is 230 g/mol. The summed E-state index contributed by atoms with van der Waals surface area (Å²) in [7, 11) is 2.11. The molecule has 0 fully saturated rings. The largest absolute Gasteiger partial charge is 0.384 e. The van der Waals surface area contributed by atoms with E-state index in [9.17, 15) is 5.11 Å². The maximum absolute atomic E-state index is 10.3. The van der Waals surface area contributed by atoms with Crippen LogP contribution in [-0.2, 0) is 6.42 Å². The van der Waals surface area contributed by atoms with E-state index in [0.717, 1.165) is 24.1 Å². The first kappa shape index (κ1) is 10.8. The van der Waals surface area contributed by atoms with Crippen LogP contribution in [0.1, 0.15) is 22.8 Å². The highest BCUT2D eigenvalue weighted by molar-refractivity contribution is 7.07. The normalized spacial score (nSPS) is 16.0. The molecule has 0 saturated heterocycles. The van der Waals surface area contributed by atoms with Gasteiger partial charge in [0.1, 0.15) is 6.10 Å². The first-order valence-corrected chi connectivity index (χ1v) is 6.74. The smallest absolute Gasteiger partial charge is 0.105 e. The van der Waals surface area contributed by atoms with Crippen molar-refractivity contribution in [2.24, 2.45) is 0 Å². The average Bonchev–Trinajstić information content (AvgIpc) is 2.98. The summed E-state index contributed by atoms with van der Waals surface area (Å²) >= 11 is 1.62. The molecule has 3 rings (SSSR count). The highest BCUT2D eigenvalue weighted by Crippen LogP contribution is 2.31. The molecule has 1 aliphatic rings. The number of rotatable bonds is 2. The van der Waals surface area contributed by atoms with Crippen LogP contribution in [0.25, 0.3) is 0 Å². The predicted octanol–water partition coefficient (Wildman–Crippen LogP) is 2.82. The molecule has 1 N–H and O–H groups in total. The Kier molecular flexibility index (Phi) is 2.65. The Labute approximate surface area is 105 Å². The standard InChI is InChI=1S/C14H15NOS/c1-15-6-4-10-8-11(2-3-13(10)15)14(16)12-5-7-17-9-12/h2-3,5,7-9,14,16H,4,6H2,1H3. The molecule has 2 nitrogen and oxygen atoms in total. The summed E-state index contributed by atoms with van der Waals surface area (Å²) in [5.74, 6) is 0. The molecule has 88 valence electrons. The van der Waals surface area contributed by atoms with Gasteiger partial charge in [-0.15, -0.1) is 0 Å². The van der Waals surface area contributed by atoms with E-state index in [1.54, 1.807) is 11.3 Å². The zero-order valence-electron chi connectivity index (χ0n) is 9.76. The van der Waals surface area contributed by atoms with Gasteiger partial charge in [0.15, 0.2) is 0 Å². The van der Waals surface area contributed by atoms with Crippen molar-refractivity contribution in [3.8, 4) is 0 Å². The van der Waals surface area contributed by atoms with Crippen molar-refractivity contribution < 1.29 is 5.11 Å². The van der Waals surface area contributed by atoms with Crippen molar-refractivity contribution in [1.82, 2.24) is 0 Å². The van der Waals surface area contributed by atoms with Gasteiger partial charge in [0, 0.05) is 19.3 Å². The molecule has 0 radical (unpaired) electrons. The van der Waals surface area contributed by atoms with Crippen LogP contribution in [0.5, 0.6) is 0 Å². The monoisotopic (exact) mass is 245 g/mol. The fourth-order valence-electron chi connectivity index (χ4n) is 2.38. The molecule has 1 atom stereocenters. The van der Waals surface area contributed by atoms with Gasteiger partial charge < -0.3 is 10.0 Å². The van der Waals surface area contributed by atoms with Crippen molar-refractivity contribution in [3.63, 3.8) is 0 Å².